The van der Waals surface area contributed by atoms with Crippen LogP contribution < -0.4 is 5.32 Å². The number of ketones is 1. The Balaban J connectivity index is 1.89. The quantitative estimate of drug-likeness (QED) is 0.939. The van der Waals surface area contributed by atoms with E-state index in [0.29, 0.717) is 0 Å². The van der Waals surface area contributed by atoms with E-state index in [4.69, 9.17) is 9.15 Å². The summed E-state index contributed by atoms with van der Waals surface area (Å²) in [5, 5.41) is 3.38. The predicted octanol–water partition coefficient (Wildman–Crippen LogP) is 3.07. The lowest BCUT2D eigenvalue weighted by molar-refractivity contribution is -0.117. The molecular weight excluding hydrogens is 270 g/mol. The summed E-state index contributed by atoms with van der Waals surface area (Å²) in [4.78, 5) is 23.4. The molecule has 1 aromatic heterocycles. The van der Waals surface area contributed by atoms with E-state index in [1.165, 1.54) is 0 Å². The van der Waals surface area contributed by atoms with Crippen molar-refractivity contribution in [3.63, 3.8) is 0 Å². The summed E-state index contributed by atoms with van der Waals surface area (Å²) >= 11 is 0. The lowest BCUT2D eigenvalue weighted by Crippen LogP contribution is -2.35. The lowest BCUT2D eigenvalue weighted by Gasteiger charge is -2.19. The van der Waals surface area contributed by atoms with Crippen LogP contribution >= 0.6 is 0 Å². The van der Waals surface area contributed by atoms with Crippen molar-refractivity contribution >= 4 is 22.8 Å². The van der Waals surface area contributed by atoms with Crippen molar-refractivity contribution in [2.45, 2.75) is 32.8 Å². The Labute approximate surface area is 123 Å². The van der Waals surface area contributed by atoms with E-state index < -0.39 is 11.7 Å². The zero-order valence-corrected chi connectivity index (χ0v) is 12.4. The maximum Gasteiger partial charge on any atom is 0.408 e. The van der Waals surface area contributed by atoms with Crippen molar-refractivity contribution in [2.24, 2.45) is 0 Å². The Morgan fingerprint density at radius 2 is 1.95 bits per heavy atom. The summed E-state index contributed by atoms with van der Waals surface area (Å²) < 4.78 is 10.4. The van der Waals surface area contributed by atoms with Crippen LogP contribution in [0.3, 0.4) is 0 Å². The average molecular weight is 289 g/mol. The molecule has 0 atom stereocenters. The molecule has 0 saturated heterocycles. The van der Waals surface area contributed by atoms with E-state index >= 15 is 0 Å². The van der Waals surface area contributed by atoms with Crippen LogP contribution in [0.5, 0.6) is 0 Å². The number of Topliss-reactive ketones (excluding diaryl/α,β-unsaturated/α-hetero) is 1. The topological polar surface area (TPSA) is 68.5 Å². The molecule has 0 fully saturated rings. The molecule has 0 bridgehead atoms. The van der Waals surface area contributed by atoms with Gasteiger partial charge in [0.15, 0.2) is 5.78 Å². The van der Waals surface area contributed by atoms with Crippen LogP contribution in [-0.2, 0) is 16.0 Å². The molecule has 5 heteroatoms. The maximum atomic E-state index is 11.9. The highest BCUT2D eigenvalue weighted by Gasteiger charge is 2.17. The number of rotatable bonds is 4. The number of fused-ring (bicyclic) bond motifs is 1. The first-order chi connectivity index (χ1) is 9.85. The second kappa shape index (κ2) is 5.99. The summed E-state index contributed by atoms with van der Waals surface area (Å²) in [6.45, 7) is 5.25. The van der Waals surface area contributed by atoms with E-state index in [-0.39, 0.29) is 18.7 Å². The molecule has 0 saturated carbocycles. The Bertz CT molecular complexity index is 652. The molecule has 0 aliphatic rings. The van der Waals surface area contributed by atoms with Gasteiger partial charge in [0.2, 0.25) is 0 Å². The summed E-state index contributed by atoms with van der Waals surface area (Å²) in [6, 6.07) is 7.53. The number of ether oxygens (including phenoxy) is 1. The molecule has 0 unspecified atom stereocenters. The lowest BCUT2D eigenvalue weighted by atomic mass is 10.1. The third kappa shape index (κ3) is 4.34. The third-order valence-corrected chi connectivity index (χ3v) is 2.78. The molecule has 0 aliphatic carbocycles. The van der Waals surface area contributed by atoms with Crippen LogP contribution in [0.1, 0.15) is 26.3 Å². The number of benzene rings is 1. The maximum absolute atomic E-state index is 11.9. The molecule has 0 radical (unpaired) electrons. The van der Waals surface area contributed by atoms with Gasteiger partial charge in [-0.15, -0.1) is 0 Å². The van der Waals surface area contributed by atoms with Crippen LogP contribution in [-0.4, -0.2) is 24.0 Å². The van der Waals surface area contributed by atoms with Crippen molar-refractivity contribution in [1.82, 2.24) is 5.32 Å². The fourth-order valence-corrected chi connectivity index (χ4v) is 1.93. The summed E-state index contributed by atoms with van der Waals surface area (Å²) in [5.74, 6) is -0.104. The first kappa shape index (κ1) is 15.1. The molecule has 1 heterocycles. The van der Waals surface area contributed by atoms with Crippen LogP contribution in [0, 0.1) is 0 Å². The van der Waals surface area contributed by atoms with E-state index in [1.807, 2.05) is 24.3 Å². The second-order valence-corrected chi connectivity index (χ2v) is 5.83. The minimum Gasteiger partial charge on any atom is -0.464 e. The number of carbonyl (C=O) groups is 2. The monoisotopic (exact) mass is 289 g/mol. The zero-order chi connectivity index (χ0) is 15.5. The zero-order valence-electron chi connectivity index (χ0n) is 12.4. The van der Waals surface area contributed by atoms with Gasteiger partial charge in [0, 0.05) is 17.4 Å². The highest BCUT2D eigenvalue weighted by Crippen LogP contribution is 2.21. The number of hydrogen-bond donors (Lipinski definition) is 1. The average Bonchev–Trinajstić information content (AvgIpc) is 2.78. The van der Waals surface area contributed by atoms with Crippen LogP contribution in [0.2, 0.25) is 0 Å². The van der Waals surface area contributed by atoms with Gasteiger partial charge in [-0.25, -0.2) is 4.79 Å². The van der Waals surface area contributed by atoms with Gasteiger partial charge in [-0.3, -0.25) is 4.79 Å². The Kier molecular flexibility index (Phi) is 4.31. The van der Waals surface area contributed by atoms with E-state index in [9.17, 15) is 9.59 Å². The number of nitrogens with one attached hydrogen (secondary N) is 1. The Hall–Kier alpha value is -2.30. The highest BCUT2D eigenvalue weighted by atomic mass is 16.6. The SMILES string of the molecule is CC(C)(C)OC(=O)NCC(=O)Cc1coc2ccccc12. The Morgan fingerprint density at radius 3 is 2.67 bits per heavy atom. The fraction of sp³-hybridized carbons (Fsp3) is 0.375. The summed E-state index contributed by atoms with van der Waals surface area (Å²) in [7, 11) is 0. The van der Waals surface area contributed by atoms with Crippen molar-refractivity contribution in [1.29, 1.82) is 0 Å². The van der Waals surface area contributed by atoms with Gasteiger partial charge >= 0.3 is 6.09 Å². The van der Waals surface area contributed by atoms with E-state index in [2.05, 4.69) is 5.32 Å². The van der Waals surface area contributed by atoms with Gasteiger partial charge in [0.25, 0.3) is 0 Å². The minimum atomic E-state index is -0.590. The number of carbonyl (C=O) groups excluding carboxylic acids is 2. The van der Waals surface area contributed by atoms with E-state index in [0.717, 1.165) is 16.5 Å². The highest BCUT2D eigenvalue weighted by molar-refractivity contribution is 5.90. The third-order valence-electron chi connectivity index (χ3n) is 2.78. The number of amides is 1. The number of hydrogen-bond acceptors (Lipinski definition) is 4. The molecule has 0 spiro atoms. The number of alkyl carbamates (subject to hydrolysis) is 1. The van der Waals surface area contributed by atoms with Crippen molar-refractivity contribution in [3.8, 4) is 0 Å². The molecule has 112 valence electrons. The van der Waals surface area contributed by atoms with E-state index in [1.54, 1.807) is 27.0 Å². The molecule has 2 aromatic rings. The van der Waals surface area contributed by atoms with Gasteiger partial charge in [-0.1, -0.05) is 18.2 Å². The minimum absolute atomic E-state index is 0.0611. The normalized spacial score (nSPS) is 11.4. The van der Waals surface area contributed by atoms with Crippen molar-refractivity contribution in [3.05, 3.63) is 36.1 Å². The largest absolute Gasteiger partial charge is 0.464 e. The predicted molar refractivity (Wildman–Crippen MR) is 79.2 cm³/mol. The summed E-state index contributed by atoms with van der Waals surface area (Å²) in [5.41, 5.74) is 0.996. The fourth-order valence-electron chi connectivity index (χ4n) is 1.93. The van der Waals surface area contributed by atoms with Gasteiger partial charge < -0.3 is 14.5 Å². The molecule has 1 aromatic carbocycles. The van der Waals surface area contributed by atoms with Gasteiger partial charge in [0.05, 0.1) is 12.8 Å². The molecule has 5 nitrogen and oxygen atoms in total. The van der Waals surface area contributed by atoms with Crippen LogP contribution in [0.4, 0.5) is 4.79 Å². The standard InChI is InChI=1S/C16H19NO4/c1-16(2,3)21-15(19)17-9-12(18)8-11-10-20-14-7-5-4-6-13(11)14/h4-7,10H,8-9H2,1-3H3,(H,17,19). The molecule has 2 rings (SSSR count). The van der Waals surface area contributed by atoms with Crippen molar-refractivity contribution in [2.75, 3.05) is 6.54 Å². The van der Waals surface area contributed by atoms with Gasteiger partial charge in [0.1, 0.15) is 11.2 Å². The molecule has 0 aliphatic heterocycles. The number of para-hydroxylation sites is 1. The molecular formula is C16H19NO4. The first-order valence-corrected chi connectivity index (χ1v) is 6.79. The first-order valence-electron chi connectivity index (χ1n) is 6.79. The Morgan fingerprint density at radius 1 is 1.24 bits per heavy atom. The molecule has 1 N–H and O–H groups in total. The smallest absolute Gasteiger partial charge is 0.408 e. The summed E-state index contributed by atoms with van der Waals surface area (Å²) in [6.07, 6.45) is 1.20. The van der Waals surface area contributed by atoms with Gasteiger partial charge in [-0.05, 0) is 26.8 Å². The number of furan rings is 1. The molecule has 1 amide bonds. The van der Waals surface area contributed by atoms with Crippen molar-refractivity contribution < 1.29 is 18.7 Å². The van der Waals surface area contributed by atoms with Crippen LogP contribution in [0.25, 0.3) is 11.0 Å². The van der Waals surface area contributed by atoms with Crippen LogP contribution in [0.15, 0.2) is 34.9 Å². The molecule has 21 heavy (non-hydrogen) atoms. The second-order valence-electron chi connectivity index (χ2n) is 5.83. The van der Waals surface area contributed by atoms with Gasteiger partial charge in [-0.2, -0.15) is 0 Å².